The summed E-state index contributed by atoms with van der Waals surface area (Å²) in [6, 6.07) is 19.2. The highest BCUT2D eigenvalue weighted by Gasteiger charge is 2.34. The SMILES string of the molecule is CCCc1ccc(C(F)(F)Oc2ccc(CCc3ccc(OC(F)F)cc3)cc2)cc1. The van der Waals surface area contributed by atoms with E-state index < -0.39 is 12.7 Å². The smallest absolute Gasteiger partial charge is 0.426 e. The molecular formula is C25H24F4O2. The van der Waals surface area contributed by atoms with Crippen molar-refractivity contribution in [3.05, 3.63) is 95.1 Å². The van der Waals surface area contributed by atoms with Gasteiger partial charge in [0.1, 0.15) is 11.5 Å². The molecule has 6 heteroatoms. The molecule has 0 N–H and O–H groups in total. The summed E-state index contributed by atoms with van der Waals surface area (Å²) in [7, 11) is 0. The first-order valence-electron chi connectivity index (χ1n) is 10.1. The van der Waals surface area contributed by atoms with Gasteiger partial charge in [-0.15, -0.1) is 0 Å². The topological polar surface area (TPSA) is 18.5 Å². The van der Waals surface area contributed by atoms with E-state index in [-0.39, 0.29) is 17.1 Å². The minimum absolute atomic E-state index is 0.0832. The summed E-state index contributed by atoms with van der Waals surface area (Å²) in [4.78, 5) is 0. The van der Waals surface area contributed by atoms with Gasteiger partial charge in [0.05, 0.1) is 5.56 Å². The molecule has 0 aliphatic rings. The van der Waals surface area contributed by atoms with Crippen molar-refractivity contribution in [2.75, 3.05) is 0 Å². The number of ether oxygens (including phenoxy) is 2. The van der Waals surface area contributed by atoms with Crippen molar-refractivity contribution in [3.63, 3.8) is 0 Å². The molecule has 0 aliphatic heterocycles. The van der Waals surface area contributed by atoms with Crippen molar-refractivity contribution in [2.24, 2.45) is 0 Å². The molecule has 0 fully saturated rings. The predicted molar refractivity (Wildman–Crippen MR) is 112 cm³/mol. The highest BCUT2D eigenvalue weighted by Crippen LogP contribution is 2.32. The third-order valence-electron chi connectivity index (χ3n) is 4.85. The van der Waals surface area contributed by atoms with E-state index in [2.05, 4.69) is 4.74 Å². The number of hydrogen-bond donors (Lipinski definition) is 0. The van der Waals surface area contributed by atoms with Crippen LogP contribution in [0, 0.1) is 0 Å². The van der Waals surface area contributed by atoms with Crippen LogP contribution in [0.5, 0.6) is 11.5 Å². The quantitative estimate of drug-likeness (QED) is 0.317. The summed E-state index contributed by atoms with van der Waals surface area (Å²) < 4.78 is 62.6. The lowest BCUT2D eigenvalue weighted by molar-refractivity contribution is -0.185. The molecule has 3 aromatic rings. The van der Waals surface area contributed by atoms with E-state index >= 15 is 0 Å². The van der Waals surface area contributed by atoms with Gasteiger partial charge in [-0.3, -0.25) is 0 Å². The van der Waals surface area contributed by atoms with E-state index in [1.165, 1.54) is 36.4 Å². The zero-order valence-corrected chi connectivity index (χ0v) is 17.2. The number of hydrogen-bond acceptors (Lipinski definition) is 2. The maximum absolute atomic E-state index is 14.5. The summed E-state index contributed by atoms with van der Waals surface area (Å²) in [5, 5.41) is 0. The van der Waals surface area contributed by atoms with Gasteiger partial charge in [0.15, 0.2) is 0 Å². The van der Waals surface area contributed by atoms with Crippen molar-refractivity contribution in [1.82, 2.24) is 0 Å². The second-order valence-corrected chi connectivity index (χ2v) is 7.23. The van der Waals surface area contributed by atoms with Crippen LogP contribution in [0.3, 0.4) is 0 Å². The number of aryl methyl sites for hydroxylation is 3. The number of halogens is 4. The van der Waals surface area contributed by atoms with Gasteiger partial charge in [0.25, 0.3) is 0 Å². The van der Waals surface area contributed by atoms with Crippen molar-refractivity contribution >= 4 is 0 Å². The van der Waals surface area contributed by atoms with Crippen LogP contribution in [0.25, 0.3) is 0 Å². The van der Waals surface area contributed by atoms with E-state index in [1.54, 1.807) is 36.4 Å². The van der Waals surface area contributed by atoms with Crippen LogP contribution >= 0.6 is 0 Å². The summed E-state index contributed by atoms with van der Waals surface area (Å²) >= 11 is 0. The van der Waals surface area contributed by atoms with E-state index in [4.69, 9.17) is 4.74 Å². The first-order chi connectivity index (χ1) is 14.9. The van der Waals surface area contributed by atoms with E-state index in [1.807, 2.05) is 6.92 Å². The average molecular weight is 432 g/mol. The standard InChI is InChI=1S/C25H24F4O2/c1-2-3-18-6-12-21(13-7-18)25(28,29)31-23-16-10-20(11-17-23)5-4-19-8-14-22(15-9-19)30-24(26)27/h6-17,24H,2-5H2,1H3. The molecule has 2 nitrogen and oxygen atoms in total. The maximum Gasteiger partial charge on any atom is 0.426 e. The van der Waals surface area contributed by atoms with Crippen LogP contribution in [0.2, 0.25) is 0 Å². The second-order valence-electron chi connectivity index (χ2n) is 7.23. The van der Waals surface area contributed by atoms with Crippen LogP contribution < -0.4 is 9.47 Å². The zero-order chi connectivity index (χ0) is 22.3. The molecule has 3 aromatic carbocycles. The van der Waals surface area contributed by atoms with Crippen molar-refractivity contribution in [3.8, 4) is 11.5 Å². The first-order valence-corrected chi connectivity index (χ1v) is 10.1. The summed E-state index contributed by atoms with van der Waals surface area (Å²) in [5.74, 6) is 0.195. The summed E-state index contributed by atoms with van der Waals surface area (Å²) in [6.07, 6.45) is -0.271. The summed E-state index contributed by atoms with van der Waals surface area (Å²) in [5.41, 5.74) is 2.74. The van der Waals surface area contributed by atoms with Crippen LogP contribution in [0.4, 0.5) is 17.6 Å². The third-order valence-corrected chi connectivity index (χ3v) is 4.85. The van der Waals surface area contributed by atoms with Gasteiger partial charge < -0.3 is 9.47 Å². The predicted octanol–water partition coefficient (Wildman–Crippen LogP) is 7.15. The molecule has 0 saturated carbocycles. The number of alkyl halides is 4. The van der Waals surface area contributed by atoms with Crippen LogP contribution in [0.15, 0.2) is 72.8 Å². The summed E-state index contributed by atoms with van der Waals surface area (Å²) in [6.45, 7) is -0.809. The largest absolute Gasteiger partial charge is 0.435 e. The van der Waals surface area contributed by atoms with E-state index in [0.717, 1.165) is 29.5 Å². The molecular weight excluding hydrogens is 408 g/mol. The van der Waals surface area contributed by atoms with Crippen LogP contribution in [0.1, 0.15) is 35.6 Å². The Bertz CT molecular complexity index is 937. The van der Waals surface area contributed by atoms with Gasteiger partial charge in [-0.25, -0.2) is 0 Å². The van der Waals surface area contributed by atoms with Gasteiger partial charge in [0.2, 0.25) is 0 Å². The molecule has 0 aliphatic carbocycles. The molecule has 164 valence electrons. The highest BCUT2D eigenvalue weighted by atomic mass is 19.3. The Balaban J connectivity index is 1.55. The zero-order valence-electron chi connectivity index (χ0n) is 17.2. The van der Waals surface area contributed by atoms with Gasteiger partial charge in [0, 0.05) is 0 Å². The number of benzene rings is 3. The lowest BCUT2D eigenvalue weighted by atomic mass is 10.0. The average Bonchev–Trinajstić information content (AvgIpc) is 2.74. The fraction of sp³-hybridized carbons (Fsp3) is 0.280. The molecule has 0 aromatic heterocycles. The van der Waals surface area contributed by atoms with E-state index in [9.17, 15) is 17.6 Å². The molecule has 31 heavy (non-hydrogen) atoms. The lowest BCUT2D eigenvalue weighted by Gasteiger charge is -2.19. The Morgan fingerprint density at radius 3 is 1.61 bits per heavy atom. The Morgan fingerprint density at radius 1 is 0.677 bits per heavy atom. The minimum atomic E-state index is -3.42. The van der Waals surface area contributed by atoms with Crippen molar-refractivity contribution in [2.45, 2.75) is 45.3 Å². The Hall–Kier alpha value is -3.02. The van der Waals surface area contributed by atoms with E-state index in [0.29, 0.717) is 12.8 Å². The lowest BCUT2D eigenvalue weighted by Crippen LogP contribution is -2.21. The molecule has 0 atom stereocenters. The minimum Gasteiger partial charge on any atom is -0.435 e. The van der Waals surface area contributed by atoms with Gasteiger partial charge >= 0.3 is 12.7 Å². The third kappa shape index (κ3) is 6.74. The van der Waals surface area contributed by atoms with Gasteiger partial charge in [-0.1, -0.05) is 49.7 Å². The van der Waals surface area contributed by atoms with Crippen LogP contribution in [-0.4, -0.2) is 6.61 Å². The molecule has 0 saturated heterocycles. The second kappa shape index (κ2) is 10.3. The molecule has 0 unspecified atom stereocenters. The highest BCUT2D eigenvalue weighted by molar-refractivity contribution is 5.32. The van der Waals surface area contributed by atoms with Gasteiger partial charge in [-0.05, 0) is 72.4 Å². The van der Waals surface area contributed by atoms with Crippen molar-refractivity contribution in [1.29, 1.82) is 0 Å². The molecule has 0 heterocycles. The van der Waals surface area contributed by atoms with Gasteiger partial charge in [-0.2, -0.15) is 17.6 Å². The molecule has 0 bridgehead atoms. The monoisotopic (exact) mass is 432 g/mol. The van der Waals surface area contributed by atoms with Crippen molar-refractivity contribution < 1.29 is 27.0 Å². The normalized spacial score (nSPS) is 11.5. The molecule has 0 spiro atoms. The number of rotatable bonds is 10. The molecule has 3 rings (SSSR count). The fourth-order valence-corrected chi connectivity index (χ4v) is 3.21. The Labute approximate surface area is 179 Å². The first kappa shape index (κ1) is 22.7. The van der Waals surface area contributed by atoms with Crippen LogP contribution in [-0.2, 0) is 25.4 Å². The Morgan fingerprint density at radius 2 is 1.13 bits per heavy atom. The fourth-order valence-electron chi connectivity index (χ4n) is 3.21. The molecule has 0 amide bonds. The maximum atomic E-state index is 14.5. The molecule has 0 radical (unpaired) electrons. The Kier molecular flexibility index (Phi) is 7.55.